The molecule has 0 N–H and O–H groups in total. The second-order valence-electron chi connectivity index (χ2n) is 2.45. The summed E-state index contributed by atoms with van der Waals surface area (Å²) in [6.07, 6.45) is 0.771. The highest BCUT2D eigenvalue weighted by molar-refractivity contribution is 6.32. The number of benzene rings is 1. The van der Waals surface area contributed by atoms with Gasteiger partial charge in [-0.25, -0.2) is 4.39 Å². The van der Waals surface area contributed by atoms with Crippen molar-refractivity contribution in [3.63, 3.8) is 0 Å². The van der Waals surface area contributed by atoms with Crippen molar-refractivity contribution >= 4 is 13.3 Å². The van der Waals surface area contributed by atoms with E-state index in [4.69, 9.17) is 0 Å². The average Bonchev–Trinajstić information content (AvgIpc) is 1.94. The van der Waals surface area contributed by atoms with Crippen LogP contribution in [0.2, 0.25) is 0 Å². The van der Waals surface area contributed by atoms with Crippen LogP contribution in [-0.4, -0.2) is 7.85 Å². The fourth-order valence-electron chi connectivity index (χ4n) is 0.974. The molecule has 0 nitrogen and oxygen atoms in total. The van der Waals surface area contributed by atoms with Crippen LogP contribution in [0.15, 0.2) is 18.2 Å². The summed E-state index contributed by atoms with van der Waals surface area (Å²) >= 11 is 0. The van der Waals surface area contributed by atoms with Crippen LogP contribution in [0.3, 0.4) is 0 Å². The minimum Gasteiger partial charge on any atom is -0.207 e. The molecule has 0 saturated heterocycles. The van der Waals surface area contributed by atoms with E-state index >= 15 is 0 Å². The zero-order valence-corrected chi connectivity index (χ0v) is 6.32. The molecule has 0 amide bonds. The molecule has 0 aliphatic carbocycles. The molecule has 0 fully saturated rings. The van der Waals surface area contributed by atoms with E-state index in [2.05, 4.69) is 0 Å². The Morgan fingerprint density at radius 1 is 1.50 bits per heavy atom. The highest BCUT2D eigenvalue weighted by Crippen LogP contribution is 2.03. The van der Waals surface area contributed by atoms with Crippen molar-refractivity contribution in [1.29, 1.82) is 0 Å². The monoisotopic (exact) mass is 136 g/mol. The topological polar surface area (TPSA) is 0 Å². The highest BCUT2D eigenvalue weighted by Gasteiger charge is 1.97. The molecule has 0 aliphatic heterocycles. The number of hydrogen-bond donors (Lipinski definition) is 0. The van der Waals surface area contributed by atoms with Crippen molar-refractivity contribution in [2.75, 3.05) is 0 Å². The number of aryl methyl sites for hydroxylation is 1. The number of rotatable bonds is 1. The van der Waals surface area contributed by atoms with Gasteiger partial charge in [0.15, 0.2) is 0 Å². The van der Waals surface area contributed by atoms with Gasteiger partial charge >= 0.3 is 0 Å². The van der Waals surface area contributed by atoms with E-state index in [9.17, 15) is 4.39 Å². The van der Waals surface area contributed by atoms with Crippen molar-refractivity contribution in [3.05, 3.63) is 29.6 Å². The van der Waals surface area contributed by atoms with E-state index in [0.717, 1.165) is 17.4 Å². The smallest absolute Gasteiger partial charge is 0.139 e. The molecule has 52 valence electrons. The van der Waals surface area contributed by atoms with Crippen LogP contribution in [0.5, 0.6) is 0 Å². The molecule has 1 aromatic rings. The van der Waals surface area contributed by atoms with Crippen molar-refractivity contribution in [2.24, 2.45) is 0 Å². The van der Waals surface area contributed by atoms with Gasteiger partial charge in [0.2, 0.25) is 0 Å². The zero-order valence-electron chi connectivity index (χ0n) is 6.32. The molecule has 1 rings (SSSR count). The normalized spacial score (nSPS) is 9.80. The zero-order chi connectivity index (χ0) is 7.56. The number of hydrogen-bond acceptors (Lipinski definition) is 0. The Kier molecular flexibility index (Phi) is 2.10. The maximum Gasteiger partial charge on any atom is 0.139 e. The van der Waals surface area contributed by atoms with E-state index in [1.165, 1.54) is 6.07 Å². The van der Waals surface area contributed by atoms with Crippen molar-refractivity contribution in [2.45, 2.75) is 13.3 Å². The van der Waals surface area contributed by atoms with Crippen LogP contribution >= 0.6 is 0 Å². The van der Waals surface area contributed by atoms with Gasteiger partial charge in [0.05, 0.1) is 0 Å². The van der Waals surface area contributed by atoms with Gasteiger partial charge < -0.3 is 0 Å². The Hall–Kier alpha value is -0.785. The third-order valence-corrected chi connectivity index (χ3v) is 1.58. The van der Waals surface area contributed by atoms with Crippen molar-refractivity contribution in [1.82, 2.24) is 0 Å². The maximum atomic E-state index is 12.8. The molecule has 0 atom stereocenters. The molecule has 0 bridgehead atoms. The summed E-state index contributed by atoms with van der Waals surface area (Å²) in [5, 5.41) is 0. The molecule has 1 aromatic carbocycles. The minimum atomic E-state index is -0.0897. The average molecular weight is 136 g/mol. The molecule has 0 aliphatic rings. The largest absolute Gasteiger partial charge is 0.207 e. The van der Waals surface area contributed by atoms with Crippen LogP contribution < -0.4 is 5.46 Å². The highest BCUT2D eigenvalue weighted by atomic mass is 19.1. The van der Waals surface area contributed by atoms with Crippen LogP contribution in [0.4, 0.5) is 4.39 Å². The molecule has 10 heavy (non-hydrogen) atoms. The lowest BCUT2D eigenvalue weighted by atomic mass is 9.94. The summed E-state index contributed by atoms with van der Waals surface area (Å²) in [4.78, 5) is 0. The quantitative estimate of drug-likeness (QED) is 0.497. The summed E-state index contributed by atoms with van der Waals surface area (Å²) in [5.41, 5.74) is 1.93. The molecular weight excluding hydrogens is 126 g/mol. The Morgan fingerprint density at radius 3 is 2.70 bits per heavy atom. The molecule has 0 aromatic heterocycles. The molecule has 0 radical (unpaired) electrons. The lowest BCUT2D eigenvalue weighted by molar-refractivity contribution is 0.613. The van der Waals surface area contributed by atoms with Gasteiger partial charge in [-0.3, -0.25) is 0 Å². The summed E-state index contributed by atoms with van der Waals surface area (Å²) < 4.78 is 12.8. The molecule has 0 spiro atoms. The van der Waals surface area contributed by atoms with Gasteiger partial charge in [-0.2, -0.15) is 0 Å². The summed E-state index contributed by atoms with van der Waals surface area (Å²) in [7, 11) is 1.97. The lowest BCUT2D eigenvalue weighted by Gasteiger charge is -1.99. The third kappa shape index (κ3) is 1.38. The first-order valence-corrected chi connectivity index (χ1v) is 3.49. The summed E-state index contributed by atoms with van der Waals surface area (Å²) in [6, 6.07) is 5.19. The minimum absolute atomic E-state index is 0.0897. The Morgan fingerprint density at radius 2 is 2.20 bits per heavy atom. The van der Waals surface area contributed by atoms with E-state index in [1.54, 1.807) is 6.07 Å². The van der Waals surface area contributed by atoms with Crippen LogP contribution in [-0.2, 0) is 6.42 Å². The van der Waals surface area contributed by atoms with E-state index in [1.807, 2.05) is 20.8 Å². The standard InChI is InChI=1S/C8H10BF/c1-2-6-5-7(9)3-4-8(6)10/h3-5H,2,9H2,1H3. The molecule has 0 saturated carbocycles. The van der Waals surface area contributed by atoms with E-state index in [-0.39, 0.29) is 5.82 Å². The summed E-state index contributed by atoms with van der Waals surface area (Å²) in [5.74, 6) is -0.0897. The lowest BCUT2D eigenvalue weighted by Crippen LogP contribution is -2.03. The first-order chi connectivity index (χ1) is 4.74. The SMILES string of the molecule is Bc1ccc(F)c(CC)c1. The van der Waals surface area contributed by atoms with Gasteiger partial charge in [0.25, 0.3) is 0 Å². The maximum absolute atomic E-state index is 12.8. The Labute approximate surface area is 61.5 Å². The first kappa shape index (κ1) is 7.32. The van der Waals surface area contributed by atoms with Gasteiger partial charge in [-0.05, 0) is 18.1 Å². The predicted molar refractivity (Wildman–Crippen MR) is 44.0 cm³/mol. The first-order valence-electron chi connectivity index (χ1n) is 3.49. The van der Waals surface area contributed by atoms with Crippen LogP contribution in [0.25, 0.3) is 0 Å². The number of halogens is 1. The van der Waals surface area contributed by atoms with Gasteiger partial charge in [0.1, 0.15) is 13.7 Å². The predicted octanol–water partition coefficient (Wildman–Crippen LogP) is 0.647. The molecule has 0 heterocycles. The second kappa shape index (κ2) is 2.87. The van der Waals surface area contributed by atoms with Gasteiger partial charge in [0, 0.05) is 0 Å². The van der Waals surface area contributed by atoms with Crippen molar-refractivity contribution < 1.29 is 4.39 Å². The molecular formula is C8H10BF. The third-order valence-electron chi connectivity index (χ3n) is 1.58. The van der Waals surface area contributed by atoms with E-state index < -0.39 is 0 Å². The summed E-state index contributed by atoms with van der Waals surface area (Å²) in [6.45, 7) is 1.96. The van der Waals surface area contributed by atoms with Crippen molar-refractivity contribution in [3.8, 4) is 0 Å². The van der Waals surface area contributed by atoms with E-state index in [0.29, 0.717) is 0 Å². The van der Waals surface area contributed by atoms with Crippen LogP contribution in [0, 0.1) is 5.82 Å². The molecule has 2 heteroatoms. The second-order valence-corrected chi connectivity index (χ2v) is 2.45. The fraction of sp³-hybridized carbons (Fsp3) is 0.250. The molecule has 0 unspecified atom stereocenters. The van der Waals surface area contributed by atoms with Crippen LogP contribution in [0.1, 0.15) is 12.5 Å². The fourth-order valence-corrected chi connectivity index (χ4v) is 0.974. The Bertz CT molecular complexity index is 233. The Balaban J connectivity index is 3.09. The van der Waals surface area contributed by atoms with Gasteiger partial charge in [-0.15, -0.1) is 0 Å². The van der Waals surface area contributed by atoms with Gasteiger partial charge in [-0.1, -0.05) is 24.5 Å².